The third kappa shape index (κ3) is 3.91. The number of rotatable bonds is 5. The molecule has 1 fully saturated rings. The molecule has 1 aromatic heterocycles. The maximum Gasteiger partial charge on any atom is 0.416 e. The molecule has 1 aliphatic rings. The van der Waals surface area contributed by atoms with Crippen LogP contribution in [0, 0.1) is 5.92 Å². The molecule has 0 N–H and O–H groups in total. The van der Waals surface area contributed by atoms with Crippen molar-refractivity contribution in [2.75, 3.05) is 7.11 Å². The lowest BCUT2D eigenvalue weighted by Crippen LogP contribution is -2.36. The van der Waals surface area contributed by atoms with E-state index in [0.717, 1.165) is 21.4 Å². The van der Waals surface area contributed by atoms with E-state index in [1.54, 1.807) is 0 Å². The quantitative estimate of drug-likeness (QED) is 0.535. The SMILES string of the molecule is COc1nn(Cc2cc(C(F)(F)F)ccc2C(=O)C2C(=O)CCCC2=O)c(=O)n1C. The van der Waals surface area contributed by atoms with Gasteiger partial charge in [-0.1, -0.05) is 6.07 Å². The van der Waals surface area contributed by atoms with Crippen LogP contribution in [0.15, 0.2) is 23.0 Å². The highest BCUT2D eigenvalue weighted by Crippen LogP contribution is 2.32. The smallest absolute Gasteiger partial charge is 0.416 e. The van der Waals surface area contributed by atoms with Gasteiger partial charge in [0.1, 0.15) is 5.92 Å². The number of ketones is 3. The number of nitrogens with zero attached hydrogens (tertiary/aromatic N) is 3. The van der Waals surface area contributed by atoms with Crippen LogP contribution in [0.2, 0.25) is 0 Å². The zero-order valence-electron chi connectivity index (χ0n) is 16.2. The average Bonchev–Trinajstić information content (AvgIpc) is 2.95. The first-order valence-electron chi connectivity index (χ1n) is 9.02. The first kappa shape index (κ1) is 21.5. The van der Waals surface area contributed by atoms with Crippen molar-refractivity contribution < 1.29 is 32.3 Å². The van der Waals surface area contributed by atoms with Crippen LogP contribution in [0.25, 0.3) is 0 Å². The number of methoxy groups -OCH3 is 1. The maximum atomic E-state index is 13.2. The Morgan fingerprint density at radius 3 is 2.37 bits per heavy atom. The van der Waals surface area contributed by atoms with Crippen LogP contribution in [-0.4, -0.2) is 38.8 Å². The molecular weight excluding hydrogens is 407 g/mol. The second kappa shape index (κ2) is 7.88. The summed E-state index contributed by atoms with van der Waals surface area (Å²) in [7, 11) is 2.63. The average molecular weight is 425 g/mol. The first-order valence-corrected chi connectivity index (χ1v) is 9.02. The largest absolute Gasteiger partial charge is 0.467 e. The number of halogens is 3. The summed E-state index contributed by atoms with van der Waals surface area (Å²) in [5.74, 6) is -3.52. The number of alkyl halides is 3. The fourth-order valence-corrected chi connectivity index (χ4v) is 3.40. The molecule has 0 radical (unpaired) electrons. The van der Waals surface area contributed by atoms with Crippen molar-refractivity contribution in [3.05, 3.63) is 45.4 Å². The topological polar surface area (TPSA) is 100 Å². The second-order valence-electron chi connectivity index (χ2n) is 6.94. The molecule has 1 aromatic carbocycles. The predicted octanol–water partition coefficient (Wildman–Crippen LogP) is 1.78. The Balaban J connectivity index is 2.09. The molecule has 2 aromatic rings. The number of hydrogen-bond donors (Lipinski definition) is 0. The van der Waals surface area contributed by atoms with Crippen molar-refractivity contribution in [3.8, 4) is 6.01 Å². The Labute approximate surface area is 168 Å². The predicted molar refractivity (Wildman–Crippen MR) is 96.3 cm³/mol. The highest BCUT2D eigenvalue weighted by Gasteiger charge is 2.38. The fraction of sp³-hybridized carbons (Fsp3) is 0.421. The van der Waals surface area contributed by atoms with Gasteiger partial charge >= 0.3 is 17.9 Å². The molecule has 8 nitrogen and oxygen atoms in total. The van der Waals surface area contributed by atoms with Crippen LogP contribution < -0.4 is 10.4 Å². The summed E-state index contributed by atoms with van der Waals surface area (Å²) >= 11 is 0. The minimum atomic E-state index is -4.69. The van der Waals surface area contributed by atoms with E-state index in [2.05, 4.69) is 5.10 Å². The van der Waals surface area contributed by atoms with Gasteiger partial charge in [-0.25, -0.2) is 14.0 Å². The third-order valence-corrected chi connectivity index (χ3v) is 4.95. The molecule has 0 bridgehead atoms. The van der Waals surface area contributed by atoms with Crippen LogP contribution in [0.3, 0.4) is 0 Å². The van der Waals surface area contributed by atoms with Crippen molar-refractivity contribution in [1.82, 2.24) is 14.3 Å². The zero-order chi connectivity index (χ0) is 22.2. The van der Waals surface area contributed by atoms with Gasteiger partial charge in [0, 0.05) is 25.5 Å². The highest BCUT2D eigenvalue weighted by molar-refractivity contribution is 6.25. The van der Waals surface area contributed by atoms with Crippen molar-refractivity contribution in [2.24, 2.45) is 13.0 Å². The standard InChI is InChI=1S/C19H18F3N3O5/c1-24-17(30-2)23-25(18(24)29)9-10-8-11(19(20,21)22)6-7-12(10)16(28)15-13(26)4-3-5-14(15)27/h6-8,15H,3-5,9H2,1-2H3. The van der Waals surface area contributed by atoms with E-state index in [0.29, 0.717) is 12.5 Å². The van der Waals surface area contributed by atoms with E-state index < -0.39 is 47.2 Å². The van der Waals surface area contributed by atoms with E-state index >= 15 is 0 Å². The first-order chi connectivity index (χ1) is 14.0. The molecule has 1 heterocycles. The summed E-state index contributed by atoms with van der Waals surface area (Å²) in [4.78, 5) is 49.5. The monoisotopic (exact) mass is 425 g/mol. The van der Waals surface area contributed by atoms with Gasteiger partial charge in [-0.15, -0.1) is 5.10 Å². The summed E-state index contributed by atoms with van der Waals surface area (Å²) in [6.45, 7) is -0.476. The van der Waals surface area contributed by atoms with Gasteiger partial charge in [0.2, 0.25) is 0 Å². The number of ether oxygens (including phenoxy) is 1. The highest BCUT2D eigenvalue weighted by atomic mass is 19.4. The van der Waals surface area contributed by atoms with Gasteiger partial charge in [-0.3, -0.25) is 14.4 Å². The number of aromatic nitrogens is 3. The van der Waals surface area contributed by atoms with E-state index in [-0.39, 0.29) is 30.0 Å². The van der Waals surface area contributed by atoms with Crippen LogP contribution in [0.1, 0.15) is 40.7 Å². The number of benzene rings is 1. The third-order valence-electron chi connectivity index (χ3n) is 4.95. The molecule has 0 atom stereocenters. The Hall–Kier alpha value is -3.24. The maximum absolute atomic E-state index is 13.2. The van der Waals surface area contributed by atoms with Gasteiger partial charge < -0.3 is 4.74 Å². The zero-order valence-corrected chi connectivity index (χ0v) is 16.2. The molecular formula is C19H18F3N3O5. The van der Waals surface area contributed by atoms with Gasteiger partial charge in [-0.2, -0.15) is 13.2 Å². The van der Waals surface area contributed by atoms with Crippen LogP contribution in [-0.2, 0) is 29.4 Å². The summed E-state index contributed by atoms with van der Waals surface area (Å²) in [6, 6.07) is 2.29. The van der Waals surface area contributed by atoms with Crippen molar-refractivity contribution in [3.63, 3.8) is 0 Å². The van der Waals surface area contributed by atoms with Gasteiger partial charge in [-0.05, 0) is 24.1 Å². The van der Waals surface area contributed by atoms with Crippen molar-refractivity contribution >= 4 is 17.3 Å². The van der Waals surface area contributed by atoms with Gasteiger partial charge in [0.25, 0.3) is 0 Å². The summed E-state index contributed by atoms with van der Waals surface area (Å²) in [6.07, 6.45) is -4.26. The number of hydrogen-bond acceptors (Lipinski definition) is 6. The second-order valence-corrected chi connectivity index (χ2v) is 6.94. The number of carbonyl (C=O) groups is 3. The molecule has 1 aliphatic carbocycles. The molecule has 0 aliphatic heterocycles. The molecule has 0 amide bonds. The van der Waals surface area contributed by atoms with Crippen LogP contribution in [0.5, 0.6) is 6.01 Å². The van der Waals surface area contributed by atoms with Crippen molar-refractivity contribution in [2.45, 2.75) is 32.0 Å². The minimum Gasteiger partial charge on any atom is -0.467 e. The summed E-state index contributed by atoms with van der Waals surface area (Å²) in [5.41, 5.74) is -2.12. The number of carbonyl (C=O) groups excluding carboxylic acids is 3. The molecule has 1 saturated carbocycles. The summed E-state index contributed by atoms with van der Waals surface area (Å²) < 4.78 is 46.5. The lowest BCUT2D eigenvalue weighted by atomic mass is 9.80. The van der Waals surface area contributed by atoms with E-state index in [4.69, 9.17) is 4.74 Å². The Bertz CT molecular complexity index is 1070. The van der Waals surface area contributed by atoms with Crippen LogP contribution in [0.4, 0.5) is 13.2 Å². The van der Waals surface area contributed by atoms with Gasteiger partial charge in [0.05, 0.1) is 19.2 Å². The summed E-state index contributed by atoms with van der Waals surface area (Å²) in [5, 5.41) is 3.88. The van der Waals surface area contributed by atoms with E-state index in [1.807, 2.05) is 0 Å². The molecule has 0 spiro atoms. The lowest BCUT2D eigenvalue weighted by molar-refractivity contribution is -0.138. The van der Waals surface area contributed by atoms with E-state index in [1.165, 1.54) is 14.2 Å². The molecule has 11 heteroatoms. The molecule has 160 valence electrons. The minimum absolute atomic E-state index is 0.0506. The Kier molecular flexibility index (Phi) is 5.64. The molecule has 30 heavy (non-hydrogen) atoms. The van der Waals surface area contributed by atoms with Gasteiger partial charge in [0.15, 0.2) is 17.3 Å². The molecule has 3 rings (SSSR count). The van der Waals surface area contributed by atoms with Crippen molar-refractivity contribution in [1.29, 1.82) is 0 Å². The fourth-order valence-electron chi connectivity index (χ4n) is 3.40. The number of Topliss-reactive ketones (excluding diaryl/α,β-unsaturated/α-hetero) is 3. The normalized spacial score (nSPS) is 15.5. The van der Waals surface area contributed by atoms with Crippen LogP contribution >= 0.6 is 0 Å². The molecule has 0 unspecified atom stereocenters. The Morgan fingerprint density at radius 2 is 1.83 bits per heavy atom. The lowest BCUT2D eigenvalue weighted by Gasteiger charge is -2.20. The molecule has 0 saturated heterocycles. The van der Waals surface area contributed by atoms with E-state index in [9.17, 15) is 32.3 Å². The Morgan fingerprint density at radius 1 is 1.20 bits per heavy atom.